The summed E-state index contributed by atoms with van der Waals surface area (Å²) in [6.45, 7) is 11.9. The van der Waals surface area contributed by atoms with Crippen LogP contribution in [0.5, 0.6) is 0 Å². The van der Waals surface area contributed by atoms with E-state index in [0.717, 1.165) is 18.4 Å². The van der Waals surface area contributed by atoms with E-state index in [1.165, 1.54) is 12.0 Å². The van der Waals surface area contributed by atoms with Gasteiger partial charge in [0.1, 0.15) is 12.6 Å². The van der Waals surface area contributed by atoms with Gasteiger partial charge in [0.2, 0.25) is 5.79 Å². The first kappa shape index (κ1) is 38.5. The molecule has 10 nitrogen and oxygen atoms in total. The minimum absolute atomic E-state index is 0.0352. The molecule has 0 aromatic rings. The predicted molar refractivity (Wildman–Crippen MR) is 171 cm³/mol. The Kier molecular flexibility index (Phi) is 15.8. The summed E-state index contributed by atoms with van der Waals surface area (Å²) in [5.41, 5.74) is 0.932. The highest BCUT2D eigenvalue weighted by atomic mass is 16.6. The number of Topliss-reactive ketones (excluding diaryl/α,β-unsaturated/α-hetero) is 2. The van der Waals surface area contributed by atoms with Gasteiger partial charge in [0.05, 0.1) is 25.4 Å². The van der Waals surface area contributed by atoms with Crippen molar-refractivity contribution in [3.63, 3.8) is 0 Å². The molecule has 10 heteroatoms. The van der Waals surface area contributed by atoms with E-state index in [2.05, 4.69) is 13.0 Å². The molecular weight excluding hydrogens is 578 g/mol. The van der Waals surface area contributed by atoms with Gasteiger partial charge < -0.3 is 29.0 Å². The molecule has 0 radical (unpaired) electrons. The number of hydrogen-bond donors (Lipinski definition) is 1. The summed E-state index contributed by atoms with van der Waals surface area (Å²) in [5, 5.41) is 11.4. The van der Waals surface area contributed by atoms with E-state index in [0.29, 0.717) is 32.1 Å². The minimum Gasteiger partial charge on any atom is -0.467 e. The van der Waals surface area contributed by atoms with E-state index in [9.17, 15) is 24.3 Å². The number of piperidine rings is 1. The maximum absolute atomic E-state index is 13.4. The van der Waals surface area contributed by atoms with E-state index in [4.69, 9.17) is 18.9 Å². The Hall–Kier alpha value is -2.66. The number of allylic oxidation sites excluding steroid dienone is 5. The second kappa shape index (κ2) is 18.5. The van der Waals surface area contributed by atoms with Gasteiger partial charge >= 0.3 is 5.97 Å². The molecule has 2 saturated heterocycles. The summed E-state index contributed by atoms with van der Waals surface area (Å²) in [6.07, 6.45) is 13.0. The Balaban J connectivity index is 1.99. The minimum atomic E-state index is -2.29. The number of rotatable bonds is 16. The van der Waals surface area contributed by atoms with E-state index < -0.39 is 41.5 Å². The number of hydrogen-bond acceptors (Lipinski definition) is 9. The monoisotopic (exact) mass is 633 g/mol. The normalized spacial score (nSPS) is 26.7. The number of amides is 1. The summed E-state index contributed by atoms with van der Waals surface area (Å²) in [4.78, 5) is 52.4. The maximum atomic E-state index is 13.4. The number of carbonyl (C=O) groups is 4. The van der Waals surface area contributed by atoms with Gasteiger partial charge in [0, 0.05) is 31.9 Å². The Bertz CT molecular complexity index is 1100. The Labute approximate surface area is 269 Å². The van der Waals surface area contributed by atoms with Crippen LogP contribution >= 0.6 is 0 Å². The Morgan fingerprint density at radius 2 is 1.73 bits per heavy atom. The quantitative estimate of drug-likeness (QED) is 0.146. The molecule has 0 aromatic heterocycles. The zero-order valence-corrected chi connectivity index (χ0v) is 28.5. The number of ketones is 2. The van der Waals surface area contributed by atoms with Gasteiger partial charge in [-0.2, -0.15) is 0 Å². The Morgan fingerprint density at radius 1 is 1.02 bits per heavy atom. The highest BCUT2D eigenvalue weighted by molar-refractivity contribution is 6.39. The largest absolute Gasteiger partial charge is 0.467 e. The topological polar surface area (TPSA) is 129 Å². The van der Waals surface area contributed by atoms with Crippen molar-refractivity contribution in [2.75, 3.05) is 27.4 Å². The van der Waals surface area contributed by atoms with Crippen molar-refractivity contribution < 1.29 is 43.2 Å². The van der Waals surface area contributed by atoms with Gasteiger partial charge in [0.25, 0.3) is 11.7 Å². The molecule has 45 heavy (non-hydrogen) atoms. The molecule has 0 spiro atoms. The molecule has 7 atom stereocenters. The lowest BCUT2D eigenvalue weighted by atomic mass is 9.85. The molecule has 1 unspecified atom stereocenters. The smallest absolute Gasteiger partial charge is 0.328 e. The molecule has 1 N–H and O–H groups in total. The average molecular weight is 634 g/mol. The van der Waals surface area contributed by atoms with Gasteiger partial charge in [-0.05, 0) is 70.8 Å². The standard InChI is InChI=1S/C35H55NO9/c1-23(2)44-22-30(37)26(5)20-24(3)14-10-9-11-15-25(4)31(42-7)21-28-18-17-27(6)35(41,45-28)32(38)33(39)36-19-13-12-16-29(36)34(40)43-8/h9-11,14-15,23-24,26-29,31,41H,12-13,16-22H2,1-8H3/t24-,26-,27-,28+,29?,31+,35-/m1/s1. The van der Waals surface area contributed by atoms with Crippen molar-refractivity contribution in [2.45, 2.75) is 117 Å². The molecule has 0 bridgehead atoms. The van der Waals surface area contributed by atoms with Crippen LogP contribution in [0.2, 0.25) is 0 Å². The predicted octanol–water partition coefficient (Wildman–Crippen LogP) is 4.73. The molecule has 2 heterocycles. The number of carbonyl (C=O) groups excluding carboxylic acids is 4. The first-order chi connectivity index (χ1) is 21.2. The number of esters is 1. The number of aliphatic hydroxyl groups is 1. The third-order valence-corrected chi connectivity index (χ3v) is 8.82. The average Bonchev–Trinajstić information content (AvgIpc) is 3.02. The van der Waals surface area contributed by atoms with Crippen LogP contribution in [-0.4, -0.2) is 91.0 Å². The Morgan fingerprint density at radius 3 is 2.38 bits per heavy atom. The maximum Gasteiger partial charge on any atom is 0.328 e. The third kappa shape index (κ3) is 11.3. The molecule has 0 aliphatic carbocycles. The van der Waals surface area contributed by atoms with Crippen LogP contribution in [0.3, 0.4) is 0 Å². The first-order valence-corrected chi connectivity index (χ1v) is 16.3. The number of ether oxygens (including phenoxy) is 4. The van der Waals surface area contributed by atoms with Crippen LogP contribution in [0.15, 0.2) is 36.0 Å². The van der Waals surface area contributed by atoms with E-state index in [1.54, 1.807) is 14.0 Å². The summed E-state index contributed by atoms with van der Waals surface area (Å²) in [5.74, 6) is -5.17. The van der Waals surface area contributed by atoms with Crippen LogP contribution in [0.1, 0.15) is 86.5 Å². The number of likely N-dealkylation sites (tertiary alicyclic amines) is 1. The van der Waals surface area contributed by atoms with Crippen LogP contribution in [0.25, 0.3) is 0 Å². The fraction of sp³-hybridized carbons (Fsp3) is 0.714. The lowest BCUT2D eigenvalue weighted by Crippen LogP contribution is -2.60. The fourth-order valence-corrected chi connectivity index (χ4v) is 5.84. The molecular formula is C35H55NO9. The molecule has 1 amide bonds. The molecule has 2 aliphatic heterocycles. The number of methoxy groups -OCH3 is 2. The van der Waals surface area contributed by atoms with E-state index in [-0.39, 0.29) is 43.0 Å². The summed E-state index contributed by atoms with van der Waals surface area (Å²) < 4.78 is 22.0. The second-order valence-electron chi connectivity index (χ2n) is 12.9. The van der Waals surface area contributed by atoms with Crippen molar-refractivity contribution in [3.8, 4) is 0 Å². The molecule has 2 aliphatic rings. The lowest BCUT2D eigenvalue weighted by molar-refractivity contribution is -0.265. The van der Waals surface area contributed by atoms with Crippen molar-refractivity contribution >= 4 is 23.4 Å². The van der Waals surface area contributed by atoms with Crippen LogP contribution < -0.4 is 0 Å². The summed E-state index contributed by atoms with van der Waals surface area (Å²) in [6, 6.07) is -0.849. The molecule has 0 saturated carbocycles. The van der Waals surface area contributed by atoms with Gasteiger partial charge in [-0.25, -0.2) is 4.79 Å². The van der Waals surface area contributed by atoms with Crippen molar-refractivity contribution in [2.24, 2.45) is 17.8 Å². The van der Waals surface area contributed by atoms with Gasteiger partial charge in [-0.3, -0.25) is 14.4 Å². The van der Waals surface area contributed by atoms with Crippen molar-refractivity contribution in [3.05, 3.63) is 36.0 Å². The highest BCUT2D eigenvalue weighted by Gasteiger charge is 2.52. The van der Waals surface area contributed by atoms with Gasteiger partial charge in [-0.1, -0.05) is 51.2 Å². The van der Waals surface area contributed by atoms with Crippen LogP contribution in [-0.2, 0) is 38.1 Å². The second-order valence-corrected chi connectivity index (χ2v) is 12.9. The van der Waals surface area contributed by atoms with Crippen LogP contribution in [0.4, 0.5) is 0 Å². The van der Waals surface area contributed by atoms with E-state index >= 15 is 0 Å². The van der Waals surface area contributed by atoms with Gasteiger partial charge in [-0.15, -0.1) is 0 Å². The molecule has 0 aromatic carbocycles. The molecule has 2 fully saturated rings. The highest BCUT2D eigenvalue weighted by Crippen LogP contribution is 2.36. The summed E-state index contributed by atoms with van der Waals surface area (Å²) >= 11 is 0. The van der Waals surface area contributed by atoms with Crippen molar-refractivity contribution in [1.82, 2.24) is 4.90 Å². The first-order valence-electron chi connectivity index (χ1n) is 16.3. The lowest BCUT2D eigenvalue weighted by Gasteiger charge is -2.42. The SMILES string of the molecule is COC(=O)C1CCCCN1C(=O)C(=O)[C@]1(O)O[C@H](C[C@H](OC)C(C)=CC=CC=C[C@@H](C)C[C@@H](C)C(=O)COC(C)C)CC[C@H]1C. The zero-order valence-electron chi connectivity index (χ0n) is 28.5. The van der Waals surface area contributed by atoms with Crippen molar-refractivity contribution in [1.29, 1.82) is 0 Å². The van der Waals surface area contributed by atoms with Crippen LogP contribution in [0, 0.1) is 17.8 Å². The number of nitrogens with zero attached hydrogens (tertiary/aromatic N) is 1. The summed E-state index contributed by atoms with van der Waals surface area (Å²) in [7, 11) is 2.84. The molecule has 254 valence electrons. The van der Waals surface area contributed by atoms with E-state index in [1.807, 2.05) is 52.0 Å². The fourth-order valence-electron chi connectivity index (χ4n) is 5.84. The molecule has 2 rings (SSSR count). The third-order valence-electron chi connectivity index (χ3n) is 8.82. The van der Waals surface area contributed by atoms with Gasteiger partial charge in [0.15, 0.2) is 5.78 Å². The zero-order chi connectivity index (χ0) is 33.7.